The molecule has 3 rings (SSSR count). The van der Waals surface area contributed by atoms with Gasteiger partial charge in [0.25, 0.3) is 5.91 Å². The van der Waals surface area contributed by atoms with Gasteiger partial charge in [-0.15, -0.1) is 0 Å². The molecule has 2 N–H and O–H groups in total. The molecule has 0 fully saturated rings. The van der Waals surface area contributed by atoms with Crippen molar-refractivity contribution < 1.29 is 22.4 Å². The number of nitrogens with zero attached hydrogens (tertiary/aromatic N) is 1. The Balaban J connectivity index is 1.87. The lowest BCUT2D eigenvalue weighted by atomic mass is 10.0. The number of halogens is 1. The lowest BCUT2D eigenvalue weighted by Gasteiger charge is -2.26. The average molecular weight is 440 g/mol. The van der Waals surface area contributed by atoms with E-state index in [4.69, 9.17) is 5.73 Å². The lowest BCUT2D eigenvalue weighted by Crippen LogP contribution is -2.39. The summed E-state index contributed by atoms with van der Waals surface area (Å²) >= 11 is 0. The third-order valence-electron chi connectivity index (χ3n) is 4.77. The van der Waals surface area contributed by atoms with Crippen molar-refractivity contribution in [3.05, 3.63) is 101 Å². The second kappa shape index (κ2) is 9.09. The first kappa shape index (κ1) is 22.2. The molecule has 3 aromatic rings. The molecular formula is C23H21FN2O4S. The number of likely N-dealkylation sites (N-methyl/N-ethyl adjacent to an activating group) is 1. The minimum absolute atomic E-state index is 0.184. The van der Waals surface area contributed by atoms with Crippen LogP contribution in [0.5, 0.6) is 0 Å². The van der Waals surface area contributed by atoms with Crippen molar-refractivity contribution in [1.29, 1.82) is 0 Å². The van der Waals surface area contributed by atoms with E-state index in [-0.39, 0.29) is 21.8 Å². The number of hydrogen-bond donors (Lipinski definition) is 1. The maximum Gasteiger partial charge on any atom is 0.254 e. The lowest BCUT2D eigenvalue weighted by molar-refractivity contribution is -0.122. The molecule has 31 heavy (non-hydrogen) atoms. The van der Waals surface area contributed by atoms with Crippen molar-refractivity contribution in [3.63, 3.8) is 0 Å². The van der Waals surface area contributed by atoms with Crippen molar-refractivity contribution in [2.24, 2.45) is 5.73 Å². The first-order valence-corrected chi connectivity index (χ1v) is 11.0. The Kier molecular flexibility index (Phi) is 6.50. The highest BCUT2D eigenvalue weighted by atomic mass is 32.2. The first-order chi connectivity index (χ1) is 14.7. The smallest absolute Gasteiger partial charge is 0.254 e. The highest BCUT2D eigenvalue weighted by Crippen LogP contribution is 2.23. The number of carbonyl (C=O) groups is 2. The van der Waals surface area contributed by atoms with Gasteiger partial charge in [0.05, 0.1) is 10.6 Å². The highest BCUT2D eigenvalue weighted by Gasteiger charge is 2.28. The van der Waals surface area contributed by atoms with Crippen molar-refractivity contribution in [2.45, 2.75) is 16.7 Å². The number of rotatable bonds is 7. The SMILES string of the molecule is CN(C(=O)c1cccc(CS(=O)(=O)c2ccccc2)c1)C(C(N)=O)c1cccc(F)c1. The molecule has 8 heteroatoms. The first-order valence-electron chi connectivity index (χ1n) is 9.38. The van der Waals surface area contributed by atoms with Gasteiger partial charge in [0.2, 0.25) is 5.91 Å². The number of carbonyl (C=O) groups excluding carboxylic acids is 2. The maximum atomic E-state index is 13.6. The Labute approximate surface area is 180 Å². The van der Waals surface area contributed by atoms with Crippen LogP contribution in [0, 0.1) is 5.82 Å². The van der Waals surface area contributed by atoms with Crippen LogP contribution in [-0.4, -0.2) is 32.2 Å². The third-order valence-corrected chi connectivity index (χ3v) is 6.48. The van der Waals surface area contributed by atoms with E-state index in [1.165, 1.54) is 49.5 Å². The van der Waals surface area contributed by atoms with Gasteiger partial charge >= 0.3 is 0 Å². The molecule has 6 nitrogen and oxygen atoms in total. The van der Waals surface area contributed by atoms with E-state index in [1.54, 1.807) is 30.3 Å². The van der Waals surface area contributed by atoms with Gasteiger partial charge in [0, 0.05) is 12.6 Å². The van der Waals surface area contributed by atoms with Crippen LogP contribution in [0.25, 0.3) is 0 Å². The zero-order chi connectivity index (χ0) is 22.6. The fraction of sp³-hybridized carbons (Fsp3) is 0.130. The number of benzene rings is 3. The standard InChI is InChI=1S/C23H21FN2O4S/c1-26(21(22(25)27)17-8-6-10-19(24)14-17)23(28)18-9-5-7-16(13-18)15-31(29,30)20-11-3-2-4-12-20/h2-14,21H,15H2,1H3,(H2,25,27). The van der Waals surface area contributed by atoms with Gasteiger partial charge in [0.15, 0.2) is 9.84 Å². The van der Waals surface area contributed by atoms with Gasteiger partial charge in [0.1, 0.15) is 11.9 Å². The third kappa shape index (κ3) is 5.16. The van der Waals surface area contributed by atoms with Gasteiger partial charge in [-0.3, -0.25) is 9.59 Å². The molecule has 1 unspecified atom stereocenters. The molecule has 0 saturated carbocycles. The van der Waals surface area contributed by atoms with Crippen molar-refractivity contribution in [2.75, 3.05) is 7.05 Å². The normalized spacial score (nSPS) is 12.2. The summed E-state index contributed by atoms with van der Waals surface area (Å²) in [6.07, 6.45) is 0. The molecule has 160 valence electrons. The Morgan fingerprint density at radius 3 is 2.29 bits per heavy atom. The number of nitrogens with two attached hydrogens (primary N) is 1. The van der Waals surface area contributed by atoms with E-state index in [0.717, 1.165) is 11.0 Å². The fourth-order valence-corrected chi connectivity index (χ4v) is 4.66. The van der Waals surface area contributed by atoms with E-state index in [2.05, 4.69) is 0 Å². The molecule has 0 aliphatic heterocycles. The van der Waals surface area contributed by atoms with Crippen LogP contribution in [-0.2, 0) is 20.4 Å². The second-order valence-corrected chi connectivity index (χ2v) is 9.04. The zero-order valence-corrected chi connectivity index (χ0v) is 17.6. The predicted octanol–water partition coefficient (Wildman–Crippen LogP) is 3.10. The summed E-state index contributed by atoms with van der Waals surface area (Å²) < 4.78 is 38.9. The monoisotopic (exact) mass is 440 g/mol. The van der Waals surface area contributed by atoms with Crippen LogP contribution in [0.2, 0.25) is 0 Å². The summed E-state index contributed by atoms with van der Waals surface area (Å²) in [4.78, 5) is 26.3. The minimum atomic E-state index is -3.59. The van der Waals surface area contributed by atoms with Crippen molar-refractivity contribution >= 4 is 21.7 Å². The van der Waals surface area contributed by atoms with Crippen LogP contribution < -0.4 is 5.73 Å². The zero-order valence-electron chi connectivity index (χ0n) is 16.7. The topological polar surface area (TPSA) is 97.5 Å². The molecule has 0 radical (unpaired) electrons. The Morgan fingerprint density at radius 1 is 0.968 bits per heavy atom. The van der Waals surface area contributed by atoms with E-state index in [9.17, 15) is 22.4 Å². The number of hydrogen-bond acceptors (Lipinski definition) is 4. The summed E-state index contributed by atoms with van der Waals surface area (Å²) in [7, 11) is -2.21. The highest BCUT2D eigenvalue weighted by molar-refractivity contribution is 7.90. The van der Waals surface area contributed by atoms with Gasteiger partial charge < -0.3 is 10.6 Å². The summed E-state index contributed by atoms with van der Waals surface area (Å²) in [6, 6.07) is 18.3. The van der Waals surface area contributed by atoms with E-state index >= 15 is 0 Å². The van der Waals surface area contributed by atoms with E-state index in [0.29, 0.717) is 5.56 Å². The summed E-state index contributed by atoms with van der Waals surface area (Å²) in [5.41, 5.74) is 6.33. The summed E-state index contributed by atoms with van der Waals surface area (Å²) in [5, 5.41) is 0. The largest absolute Gasteiger partial charge is 0.368 e. The van der Waals surface area contributed by atoms with Crippen LogP contribution in [0.15, 0.2) is 83.8 Å². The molecule has 0 spiro atoms. The van der Waals surface area contributed by atoms with Crippen LogP contribution >= 0.6 is 0 Å². The molecule has 0 saturated heterocycles. The van der Waals surface area contributed by atoms with Crippen LogP contribution in [0.1, 0.15) is 27.5 Å². The Morgan fingerprint density at radius 2 is 1.65 bits per heavy atom. The van der Waals surface area contributed by atoms with Gasteiger partial charge in [-0.25, -0.2) is 12.8 Å². The molecule has 0 heterocycles. The number of amides is 2. The molecular weight excluding hydrogens is 419 g/mol. The van der Waals surface area contributed by atoms with E-state index in [1.807, 2.05) is 0 Å². The fourth-order valence-electron chi connectivity index (χ4n) is 3.30. The van der Waals surface area contributed by atoms with Crippen LogP contribution in [0.3, 0.4) is 0 Å². The Bertz CT molecular complexity index is 1210. The maximum absolute atomic E-state index is 13.6. The van der Waals surface area contributed by atoms with E-state index < -0.39 is 33.5 Å². The van der Waals surface area contributed by atoms with Crippen LogP contribution in [0.4, 0.5) is 4.39 Å². The quantitative estimate of drug-likeness (QED) is 0.610. The Hall–Kier alpha value is -3.52. The molecule has 0 bridgehead atoms. The summed E-state index contributed by atoms with van der Waals surface area (Å²) in [5.74, 6) is -2.21. The number of primary amides is 1. The average Bonchev–Trinajstić information content (AvgIpc) is 2.73. The second-order valence-electron chi connectivity index (χ2n) is 7.05. The minimum Gasteiger partial charge on any atom is -0.368 e. The van der Waals surface area contributed by atoms with Gasteiger partial charge in [-0.1, -0.05) is 42.5 Å². The van der Waals surface area contributed by atoms with Crippen molar-refractivity contribution in [1.82, 2.24) is 4.90 Å². The van der Waals surface area contributed by atoms with Gasteiger partial charge in [-0.05, 0) is 47.5 Å². The molecule has 0 aliphatic rings. The molecule has 0 aliphatic carbocycles. The predicted molar refractivity (Wildman–Crippen MR) is 114 cm³/mol. The van der Waals surface area contributed by atoms with Crippen molar-refractivity contribution in [3.8, 4) is 0 Å². The molecule has 0 aromatic heterocycles. The molecule has 3 aromatic carbocycles. The number of sulfone groups is 1. The van der Waals surface area contributed by atoms with Gasteiger partial charge in [-0.2, -0.15) is 0 Å². The summed E-state index contributed by atoms with van der Waals surface area (Å²) in [6.45, 7) is 0. The molecule has 2 amide bonds. The molecule has 1 atom stereocenters.